The highest BCUT2D eigenvalue weighted by Gasteiger charge is 2.26. The summed E-state index contributed by atoms with van der Waals surface area (Å²) in [4.78, 5) is 2.30. The van der Waals surface area contributed by atoms with Gasteiger partial charge in [0.05, 0.1) is 11.3 Å². The molecule has 2 N–H and O–H groups in total. The summed E-state index contributed by atoms with van der Waals surface area (Å²) in [5, 5.41) is 9.26. The summed E-state index contributed by atoms with van der Waals surface area (Å²) in [6.07, 6.45) is 2.27. The lowest BCUT2D eigenvalue weighted by molar-refractivity contribution is 0.366. The molecule has 1 fully saturated rings. The molecule has 2 rings (SSSR count). The van der Waals surface area contributed by atoms with Crippen molar-refractivity contribution in [3.05, 3.63) is 28.2 Å². The maximum atomic E-state index is 9.26. The maximum absolute atomic E-state index is 9.26. The lowest BCUT2D eigenvalue weighted by Crippen LogP contribution is -2.46. The smallest absolute Gasteiger partial charge is 0.101 e. The lowest BCUT2D eigenvalue weighted by atomic mass is 9.91. The molecule has 0 saturated carbocycles. The van der Waals surface area contributed by atoms with Crippen LogP contribution in [0.5, 0.6) is 0 Å². The summed E-state index contributed by atoms with van der Waals surface area (Å²) in [6.45, 7) is 3.90. The lowest BCUT2D eigenvalue weighted by Gasteiger charge is -2.40. The third-order valence-corrected chi connectivity index (χ3v) is 4.13. The summed E-state index contributed by atoms with van der Waals surface area (Å²) in [7, 11) is 0. The van der Waals surface area contributed by atoms with Crippen LogP contribution in [0.15, 0.2) is 22.7 Å². The molecule has 2 unspecified atom stereocenters. The van der Waals surface area contributed by atoms with Crippen LogP contribution in [0.3, 0.4) is 0 Å². The molecule has 1 aromatic carbocycles. The fraction of sp³-hybridized carbons (Fsp3) is 0.500. The Bertz CT molecular complexity index is 467. The Labute approximate surface area is 117 Å². The Balaban J connectivity index is 2.33. The molecular formula is C14H18BrN3. The second-order valence-corrected chi connectivity index (χ2v) is 5.90. The Morgan fingerprint density at radius 2 is 2.33 bits per heavy atom. The van der Waals surface area contributed by atoms with Crippen LogP contribution in [0, 0.1) is 17.2 Å². The molecule has 0 spiro atoms. The average molecular weight is 308 g/mol. The van der Waals surface area contributed by atoms with Gasteiger partial charge in [-0.05, 0) is 37.0 Å². The van der Waals surface area contributed by atoms with E-state index < -0.39 is 0 Å². The normalized spacial score (nSPS) is 23.8. The monoisotopic (exact) mass is 307 g/mol. The minimum atomic E-state index is 0.349. The van der Waals surface area contributed by atoms with E-state index in [9.17, 15) is 5.26 Å². The van der Waals surface area contributed by atoms with E-state index in [1.807, 2.05) is 18.2 Å². The summed E-state index contributed by atoms with van der Waals surface area (Å²) in [6, 6.07) is 8.51. The van der Waals surface area contributed by atoms with Crippen molar-refractivity contribution in [2.75, 3.05) is 18.0 Å². The van der Waals surface area contributed by atoms with E-state index in [1.165, 1.54) is 0 Å². The first-order valence-electron chi connectivity index (χ1n) is 6.32. The zero-order valence-corrected chi connectivity index (χ0v) is 12.2. The highest BCUT2D eigenvalue weighted by Crippen LogP contribution is 2.31. The zero-order valence-electron chi connectivity index (χ0n) is 10.6. The van der Waals surface area contributed by atoms with Gasteiger partial charge in [0.1, 0.15) is 6.07 Å². The van der Waals surface area contributed by atoms with E-state index in [2.05, 4.69) is 33.8 Å². The van der Waals surface area contributed by atoms with Gasteiger partial charge < -0.3 is 10.6 Å². The van der Waals surface area contributed by atoms with Crippen molar-refractivity contribution in [1.82, 2.24) is 0 Å². The van der Waals surface area contributed by atoms with Gasteiger partial charge in [-0.3, -0.25) is 0 Å². The molecule has 0 amide bonds. The molecule has 1 aliphatic heterocycles. The number of hydrogen-bond donors (Lipinski definition) is 1. The minimum absolute atomic E-state index is 0.349. The molecule has 1 aromatic rings. The third-order valence-electron chi connectivity index (χ3n) is 3.64. The number of anilines is 1. The molecule has 0 radical (unpaired) electrons. The van der Waals surface area contributed by atoms with Crippen LogP contribution in [-0.4, -0.2) is 19.1 Å². The van der Waals surface area contributed by atoms with Crippen molar-refractivity contribution in [3.8, 4) is 6.07 Å². The number of hydrogen-bond acceptors (Lipinski definition) is 3. The first-order valence-corrected chi connectivity index (χ1v) is 7.11. The van der Waals surface area contributed by atoms with Crippen molar-refractivity contribution in [1.29, 1.82) is 5.26 Å². The van der Waals surface area contributed by atoms with Gasteiger partial charge in [-0.25, -0.2) is 0 Å². The van der Waals surface area contributed by atoms with Gasteiger partial charge in [0, 0.05) is 23.6 Å². The van der Waals surface area contributed by atoms with Crippen LogP contribution in [-0.2, 0) is 0 Å². The second-order valence-electron chi connectivity index (χ2n) is 4.99. The molecule has 96 valence electrons. The number of benzene rings is 1. The molecule has 1 heterocycles. The SMILES string of the molecule is CC1CCN(c2ccc(Br)cc2C#N)C(CN)C1. The molecule has 1 saturated heterocycles. The van der Waals surface area contributed by atoms with Crippen LogP contribution in [0.4, 0.5) is 5.69 Å². The zero-order chi connectivity index (χ0) is 13.1. The van der Waals surface area contributed by atoms with E-state index in [0.717, 1.165) is 41.0 Å². The molecule has 3 nitrogen and oxygen atoms in total. The van der Waals surface area contributed by atoms with Crippen molar-refractivity contribution in [3.63, 3.8) is 0 Å². The highest BCUT2D eigenvalue weighted by atomic mass is 79.9. The molecule has 18 heavy (non-hydrogen) atoms. The van der Waals surface area contributed by atoms with Crippen molar-refractivity contribution in [2.24, 2.45) is 11.7 Å². The topological polar surface area (TPSA) is 53.0 Å². The van der Waals surface area contributed by atoms with Crippen LogP contribution < -0.4 is 10.6 Å². The maximum Gasteiger partial charge on any atom is 0.101 e. The Kier molecular flexibility index (Phi) is 4.26. The van der Waals surface area contributed by atoms with Gasteiger partial charge in [-0.2, -0.15) is 5.26 Å². The largest absolute Gasteiger partial charge is 0.366 e. The molecule has 2 atom stereocenters. The molecule has 0 bridgehead atoms. The molecule has 1 aliphatic rings. The van der Waals surface area contributed by atoms with Gasteiger partial charge in [0.2, 0.25) is 0 Å². The van der Waals surface area contributed by atoms with Crippen LogP contribution >= 0.6 is 15.9 Å². The van der Waals surface area contributed by atoms with Crippen molar-refractivity contribution < 1.29 is 0 Å². The van der Waals surface area contributed by atoms with Crippen LogP contribution in [0.2, 0.25) is 0 Å². The Hall–Kier alpha value is -1.05. The molecule has 4 heteroatoms. The van der Waals surface area contributed by atoms with E-state index >= 15 is 0 Å². The van der Waals surface area contributed by atoms with Gasteiger partial charge in [-0.1, -0.05) is 22.9 Å². The van der Waals surface area contributed by atoms with E-state index in [-0.39, 0.29) is 0 Å². The summed E-state index contributed by atoms with van der Waals surface area (Å²) < 4.78 is 0.942. The minimum Gasteiger partial charge on any atom is -0.366 e. The predicted molar refractivity (Wildman–Crippen MR) is 77.4 cm³/mol. The van der Waals surface area contributed by atoms with E-state index in [1.54, 1.807) is 0 Å². The number of halogens is 1. The average Bonchev–Trinajstić information content (AvgIpc) is 2.38. The standard InChI is InChI=1S/C14H18BrN3/c1-10-4-5-18(13(6-10)9-17)14-3-2-12(15)7-11(14)8-16/h2-3,7,10,13H,4-6,9,17H2,1H3. The van der Waals surface area contributed by atoms with Gasteiger partial charge in [0.25, 0.3) is 0 Å². The van der Waals surface area contributed by atoms with Gasteiger partial charge >= 0.3 is 0 Å². The number of piperidine rings is 1. The summed E-state index contributed by atoms with van der Waals surface area (Å²) in [5.74, 6) is 0.718. The van der Waals surface area contributed by atoms with E-state index in [4.69, 9.17) is 5.73 Å². The van der Waals surface area contributed by atoms with Crippen LogP contribution in [0.25, 0.3) is 0 Å². The van der Waals surface area contributed by atoms with Crippen LogP contribution in [0.1, 0.15) is 25.3 Å². The molecule has 0 aliphatic carbocycles. The Morgan fingerprint density at radius 1 is 1.56 bits per heavy atom. The summed E-state index contributed by atoms with van der Waals surface area (Å²) in [5.41, 5.74) is 7.62. The van der Waals surface area contributed by atoms with Gasteiger partial charge in [0.15, 0.2) is 0 Å². The van der Waals surface area contributed by atoms with Crippen molar-refractivity contribution >= 4 is 21.6 Å². The van der Waals surface area contributed by atoms with Gasteiger partial charge in [-0.15, -0.1) is 0 Å². The number of rotatable bonds is 2. The quantitative estimate of drug-likeness (QED) is 0.914. The Morgan fingerprint density at radius 3 is 3.00 bits per heavy atom. The molecular weight excluding hydrogens is 290 g/mol. The highest BCUT2D eigenvalue weighted by molar-refractivity contribution is 9.10. The number of nitrogens with zero attached hydrogens (tertiary/aromatic N) is 2. The number of nitriles is 1. The number of nitrogens with two attached hydrogens (primary N) is 1. The molecule has 0 aromatic heterocycles. The third kappa shape index (κ3) is 2.68. The van der Waals surface area contributed by atoms with E-state index in [0.29, 0.717) is 12.6 Å². The first-order chi connectivity index (χ1) is 8.65. The first kappa shape index (κ1) is 13.4. The predicted octanol–water partition coefficient (Wildman–Crippen LogP) is 2.88. The fourth-order valence-corrected chi connectivity index (χ4v) is 3.00. The second kappa shape index (κ2) is 5.73. The van der Waals surface area contributed by atoms with Crippen molar-refractivity contribution in [2.45, 2.75) is 25.8 Å². The fourth-order valence-electron chi connectivity index (χ4n) is 2.64. The summed E-state index contributed by atoms with van der Waals surface area (Å²) >= 11 is 3.41.